The molecule has 0 fully saturated rings. The maximum absolute atomic E-state index is 12.4. The van der Waals surface area contributed by atoms with E-state index < -0.39 is 18.0 Å². The quantitative estimate of drug-likeness (QED) is 0.233. The Labute approximate surface area is 198 Å². The highest BCUT2D eigenvalue weighted by molar-refractivity contribution is 9.10. The molecular formula is C24H19BrN2O6. The molecule has 0 radical (unpaired) electrons. The van der Waals surface area contributed by atoms with Crippen LogP contribution in [0.25, 0.3) is 0 Å². The van der Waals surface area contributed by atoms with Gasteiger partial charge in [-0.05, 0) is 54.1 Å². The van der Waals surface area contributed by atoms with Gasteiger partial charge in [0.15, 0.2) is 23.0 Å². The van der Waals surface area contributed by atoms with Crippen molar-refractivity contribution in [3.8, 4) is 23.0 Å². The van der Waals surface area contributed by atoms with Crippen molar-refractivity contribution in [2.45, 2.75) is 6.10 Å². The fourth-order valence-electron chi connectivity index (χ4n) is 3.01. The molecule has 0 saturated heterocycles. The normalized spacial score (nSPS) is 14.5. The molecule has 1 N–H and O–H groups in total. The number of para-hydroxylation sites is 2. The number of carbonyl (C=O) groups excluding carboxylic acids is 2. The molecule has 1 amide bonds. The van der Waals surface area contributed by atoms with E-state index in [-0.39, 0.29) is 12.4 Å². The SMILES string of the molecule is COc1cc(/C=N/NC(=O)C2COc3ccccc3O2)ccc1OC(=O)c1cccc(Br)c1. The highest BCUT2D eigenvalue weighted by Crippen LogP contribution is 2.31. The first kappa shape index (κ1) is 22.3. The second-order valence-electron chi connectivity index (χ2n) is 6.91. The second-order valence-corrected chi connectivity index (χ2v) is 7.82. The Morgan fingerprint density at radius 1 is 1.06 bits per heavy atom. The molecule has 0 bridgehead atoms. The third kappa shape index (κ3) is 5.50. The van der Waals surface area contributed by atoms with Crippen molar-refractivity contribution in [2.24, 2.45) is 5.10 Å². The molecule has 168 valence electrons. The van der Waals surface area contributed by atoms with E-state index in [9.17, 15) is 9.59 Å². The van der Waals surface area contributed by atoms with Crippen LogP contribution >= 0.6 is 15.9 Å². The van der Waals surface area contributed by atoms with Crippen molar-refractivity contribution in [3.05, 3.63) is 82.3 Å². The Morgan fingerprint density at radius 2 is 1.88 bits per heavy atom. The first-order valence-electron chi connectivity index (χ1n) is 9.90. The first-order chi connectivity index (χ1) is 16.0. The summed E-state index contributed by atoms with van der Waals surface area (Å²) in [7, 11) is 1.47. The zero-order chi connectivity index (χ0) is 23.2. The number of halogens is 1. The molecule has 0 aromatic heterocycles. The molecule has 8 nitrogen and oxygen atoms in total. The summed E-state index contributed by atoms with van der Waals surface area (Å²) < 4.78 is 22.7. The lowest BCUT2D eigenvalue weighted by molar-refractivity contribution is -0.130. The van der Waals surface area contributed by atoms with Crippen LogP contribution in [-0.4, -0.2) is 37.9 Å². The van der Waals surface area contributed by atoms with Gasteiger partial charge in [-0.2, -0.15) is 5.10 Å². The van der Waals surface area contributed by atoms with Gasteiger partial charge in [0.2, 0.25) is 6.10 Å². The summed E-state index contributed by atoms with van der Waals surface area (Å²) in [5, 5.41) is 3.97. The number of nitrogens with one attached hydrogen (secondary N) is 1. The Hall–Kier alpha value is -3.85. The van der Waals surface area contributed by atoms with Crippen LogP contribution < -0.4 is 24.4 Å². The maximum Gasteiger partial charge on any atom is 0.343 e. The molecule has 1 heterocycles. The van der Waals surface area contributed by atoms with Gasteiger partial charge in [0.05, 0.1) is 18.9 Å². The molecule has 9 heteroatoms. The van der Waals surface area contributed by atoms with Crippen molar-refractivity contribution >= 4 is 34.0 Å². The molecule has 3 aromatic carbocycles. The Kier molecular flexibility index (Phi) is 6.89. The van der Waals surface area contributed by atoms with E-state index in [0.29, 0.717) is 28.4 Å². The molecule has 0 saturated carbocycles. The monoisotopic (exact) mass is 510 g/mol. The number of ether oxygens (including phenoxy) is 4. The van der Waals surface area contributed by atoms with Gasteiger partial charge >= 0.3 is 5.97 Å². The Morgan fingerprint density at radius 3 is 2.67 bits per heavy atom. The minimum absolute atomic E-state index is 0.0875. The largest absolute Gasteiger partial charge is 0.493 e. The number of nitrogens with zero attached hydrogens (tertiary/aromatic N) is 1. The van der Waals surface area contributed by atoms with Crippen LogP contribution in [0, 0.1) is 0 Å². The number of rotatable bonds is 6. The van der Waals surface area contributed by atoms with Crippen LogP contribution in [0.5, 0.6) is 23.0 Å². The van der Waals surface area contributed by atoms with E-state index in [1.807, 2.05) is 12.1 Å². The first-order valence-corrected chi connectivity index (χ1v) is 10.7. The number of carbonyl (C=O) groups is 2. The van der Waals surface area contributed by atoms with E-state index in [4.69, 9.17) is 18.9 Å². The van der Waals surface area contributed by atoms with Crippen LogP contribution in [0.2, 0.25) is 0 Å². The molecule has 1 aliphatic rings. The van der Waals surface area contributed by atoms with Gasteiger partial charge in [-0.1, -0.05) is 34.1 Å². The standard InChI is InChI=1S/C24H19BrN2O6/c1-30-21-11-15(9-10-20(21)33-24(29)16-5-4-6-17(25)12-16)13-26-27-23(28)22-14-31-18-7-2-3-8-19(18)32-22/h2-13,22H,14H2,1H3,(H,27,28)/b26-13+. The predicted molar refractivity (Wildman–Crippen MR) is 124 cm³/mol. The smallest absolute Gasteiger partial charge is 0.343 e. The fraction of sp³-hybridized carbons (Fsp3) is 0.125. The van der Waals surface area contributed by atoms with Gasteiger partial charge < -0.3 is 18.9 Å². The lowest BCUT2D eigenvalue weighted by atomic mass is 10.2. The molecular weight excluding hydrogens is 492 g/mol. The lowest BCUT2D eigenvalue weighted by Crippen LogP contribution is -2.42. The maximum atomic E-state index is 12.4. The third-order valence-corrected chi connectivity index (χ3v) is 5.13. The minimum atomic E-state index is -0.814. The summed E-state index contributed by atoms with van der Waals surface area (Å²) >= 11 is 3.33. The van der Waals surface area contributed by atoms with Gasteiger partial charge in [-0.3, -0.25) is 4.79 Å². The molecule has 33 heavy (non-hydrogen) atoms. The average molecular weight is 511 g/mol. The summed E-state index contributed by atoms with van der Waals surface area (Å²) in [5.41, 5.74) is 3.46. The van der Waals surface area contributed by atoms with Crippen molar-refractivity contribution in [1.82, 2.24) is 5.43 Å². The second kappa shape index (κ2) is 10.2. The number of hydrogen-bond acceptors (Lipinski definition) is 7. The minimum Gasteiger partial charge on any atom is -0.493 e. The third-order valence-electron chi connectivity index (χ3n) is 4.64. The summed E-state index contributed by atoms with van der Waals surface area (Å²) in [6.07, 6.45) is 0.629. The highest BCUT2D eigenvalue weighted by Gasteiger charge is 2.27. The van der Waals surface area contributed by atoms with Crippen LogP contribution in [0.1, 0.15) is 15.9 Å². The molecule has 4 rings (SSSR count). The predicted octanol–water partition coefficient (Wildman–Crippen LogP) is 3.97. The lowest BCUT2D eigenvalue weighted by Gasteiger charge is -2.24. The number of esters is 1. The van der Waals surface area contributed by atoms with Crippen molar-refractivity contribution in [2.75, 3.05) is 13.7 Å². The number of hydrogen-bond donors (Lipinski definition) is 1. The van der Waals surface area contributed by atoms with Crippen molar-refractivity contribution in [1.29, 1.82) is 0 Å². The van der Waals surface area contributed by atoms with E-state index >= 15 is 0 Å². The molecule has 3 aromatic rings. The molecule has 0 aliphatic carbocycles. The highest BCUT2D eigenvalue weighted by atomic mass is 79.9. The summed E-state index contributed by atoms with van der Waals surface area (Å²) in [4.78, 5) is 24.7. The summed E-state index contributed by atoms with van der Waals surface area (Å²) in [6, 6.07) is 18.9. The number of benzene rings is 3. The van der Waals surface area contributed by atoms with Crippen LogP contribution in [0.3, 0.4) is 0 Å². The van der Waals surface area contributed by atoms with Crippen LogP contribution in [0.15, 0.2) is 76.3 Å². The molecule has 1 atom stereocenters. The number of hydrazone groups is 1. The van der Waals surface area contributed by atoms with Gasteiger partial charge in [-0.15, -0.1) is 0 Å². The van der Waals surface area contributed by atoms with Crippen LogP contribution in [0.4, 0.5) is 0 Å². The summed E-state index contributed by atoms with van der Waals surface area (Å²) in [5.74, 6) is 0.750. The van der Waals surface area contributed by atoms with E-state index in [2.05, 4.69) is 26.5 Å². The zero-order valence-electron chi connectivity index (χ0n) is 17.5. The van der Waals surface area contributed by atoms with Gasteiger partial charge in [0, 0.05) is 4.47 Å². The Balaban J connectivity index is 1.37. The zero-order valence-corrected chi connectivity index (χ0v) is 19.1. The number of methoxy groups -OCH3 is 1. The topological polar surface area (TPSA) is 95.5 Å². The average Bonchev–Trinajstić information content (AvgIpc) is 2.84. The van der Waals surface area contributed by atoms with Crippen LogP contribution in [-0.2, 0) is 4.79 Å². The van der Waals surface area contributed by atoms with E-state index in [1.54, 1.807) is 54.6 Å². The van der Waals surface area contributed by atoms with Gasteiger partial charge in [-0.25, -0.2) is 10.2 Å². The number of amides is 1. The van der Waals surface area contributed by atoms with Crippen molar-refractivity contribution in [3.63, 3.8) is 0 Å². The van der Waals surface area contributed by atoms with Gasteiger partial charge in [0.1, 0.15) is 6.61 Å². The fourth-order valence-corrected chi connectivity index (χ4v) is 3.41. The van der Waals surface area contributed by atoms with Gasteiger partial charge in [0.25, 0.3) is 5.91 Å². The van der Waals surface area contributed by atoms with Crippen molar-refractivity contribution < 1.29 is 28.5 Å². The summed E-state index contributed by atoms with van der Waals surface area (Å²) in [6.45, 7) is 0.0875. The van der Waals surface area contributed by atoms with E-state index in [0.717, 1.165) is 4.47 Å². The molecule has 0 spiro atoms. The Bertz CT molecular complexity index is 1210. The van der Waals surface area contributed by atoms with E-state index in [1.165, 1.54) is 13.3 Å². The molecule has 1 aliphatic heterocycles. The molecule has 1 unspecified atom stereocenters. The number of fused-ring (bicyclic) bond motifs is 1.